The summed E-state index contributed by atoms with van der Waals surface area (Å²) < 4.78 is 27.0. The number of nitrogens with two attached hydrogens (primary N) is 1. The van der Waals surface area contributed by atoms with Gasteiger partial charge in [-0.15, -0.1) is 11.3 Å². The van der Waals surface area contributed by atoms with E-state index in [-0.39, 0.29) is 24.1 Å². The van der Waals surface area contributed by atoms with Gasteiger partial charge in [-0.25, -0.2) is 8.78 Å². The van der Waals surface area contributed by atoms with Gasteiger partial charge in [0.25, 0.3) is 5.91 Å². The molecular formula is C22H23F2N2OS+. The molecular weight excluding hydrogens is 378 g/mol. The summed E-state index contributed by atoms with van der Waals surface area (Å²) >= 11 is 1.65. The highest BCUT2D eigenvalue weighted by Crippen LogP contribution is 2.23. The van der Waals surface area contributed by atoms with Gasteiger partial charge in [0.2, 0.25) is 0 Å². The summed E-state index contributed by atoms with van der Waals surface area (Å²) in [5.41, 5.74) is 2.57. The van der Waals surface area contributed by atoms with Crippen molar-refractivity contribution < 1.29 is 18.9 Å². The van der Waals surface area contributed by atoms with E-state index in [1.54, 1.807) is 18.3 Å². The van der Waals surface area contributed by atoms with Crippen molar-refractivity contribution in [1.29, 1.82) is 0 Å². The predicted octanol–water partition coefficient (Wildman–Crippen LogP) is 3.86. The zero-order valence-electron chi connectivity index (χ0n) is 15.8. The molecule has 2 aromatic carbocycles. The van der Waals surface area contributed by atoms with Gasteiger partial charge in [-0.2, -0.15) is 0 Å². The van der Waals surface area contributed by atoms with Crippen molar-refractivity contribution in [2.24, 2.45) is 0 Å². The molecule has 0 saturated carbocycles. The molecule has 3 nitrogen and oxygen atoms in total. The second-order valence-electron chi connectivity index (χ2n) is 6.80. The van der Waals surface area contributed by atoms with Crippen molar-refractivity contribution in [2.45, 2.75) is 25.9 Å². The van der Waals surface area contributed by atoms with Crippen LogP contribution in [0.25, 0.3) is 0 Å². The number of hydrogen-bond donors (Lipinski definition) is 2. The molecule has 1 aromatic heterocycles. The minimum Gasteiger partial charge on any atom is -0.345 e. The number of quaternary nitrogens is 1. The molecule has 6 heteroatoms. The fourth-order valence-electron chi connectivity index (χ4n) is 3.11. The Bertz CT molecular complexity index is 926. The summed E-state index contributed by atoms with van der Waals surface area (Å²) in [7, 11) is 0. The Kier molecular flexibility index (Phi) is 6.54. The fraction of sp³-hybridized carbons (Fsp3) is 0.227. The number of rotatable bonds is 7. The third-order valence-corrected chi connectivity index (χ3v) is 5.59. The van der Waals surface area contributed by atoms with Gasteiger partial charge in [-0.3, -0.25) is 4.79 Å². The number of nitrogens with one attached hydrogen (secondary N) is 1. The van der Waals surface area contributed by atoms with Crippen molar-refractivity contribution >= 4 is 17.2 Å². The SMILES string of the molecule is Cc1ccc([C@@H]([NH2+]CC(=O)N[C@H](C)c2ccc(F)cc2F)c2cccs2)cc1. The van der Waals surface area contributed by atoms with Crippen molar-refractivity contribution in [3.8, 4) is 0 Å². The molecule has 146 valence electrons. The van der Waals surface area contributed by atoms with Crippen LogP contribution in [0.3, 0.4) is 0 Å². The normalized spacial score (nSPS) is 13.1. The van der Waals surface area contributed by atoms with E-state index >= 15 is 0 Å². The van der Waals surface area contributed by atoms with Crippen LogP contribution in [0.4, 0.5) is 8.78 Å². The Morgan fingerprint density at radius 2 is 1.89 bits per heavy atom. The molecule has 28 heavy (non-hydrogen) atoms. The molecule has 0 aliphatic rings. The summed E-state index contributed by atoms with van der Waals surface area (Å²) in [5, 5.41) is 6.78. The third kappa shape index (κ3) is 5.03. The Morgan fingerprint density at radius 1 is 1.14 bits per heavy atom. The molecule has 0 unspecified atom stereocenters. The van der Waals surface area contributed by atoms with E-state index in [0.29, 0.717) is 0 Å². The van der Waals surface area contributed by atoms with Gasteiger partial charge in [0.1, 0.15) is 17.7 Å². The van der Waals surface area contributed by atoms with E-state index in [4.69, 9.17) is 0 Å². The van der Waals surface area contributed by atoms with Gasteiger partial charge in [0.05, 0.1) is 10.9 Å². The lowest BCUT2D eigenvalue weighted by Crippen LogP contribution is -2.87. The zero-order chi connectivity index (χ0) is 20.1. The summed E-state index contributed by atoms with van der Waals surface area (Å²) in [6.45, 7) is 3.92. The molecule has 0 bridgehead atoms. The van der Waals surface area contributed by atoms with Gasteiger partial charge >= 0.3 is 0 Å². The van der Waals surface area contributed by atoms with Gasteiger partial charge in [0.15, 0.2) is 6.54 Å². The number of halogens is 2. The van der Waals surface area contributed by atoms with Crippen LogP contribution in [0.2, 0.25) is 0 Å². The maximum absolute atomic E-state index is 13.9. The lowest BCUT2D eigenvalue weighted by molar-refractivity contribution is -0.676. The minimum absolute atomic E-state index is 0.0178. The quantitative estimate of drug-likeness (QED) is 0.620. The van der Waals surface area contributed by atoms with Crippen LogP contribution in [0.5, 0.6) is 0 Å². The summed E-state index contributed by atoms with van der Waals surface area (Å²) in [6, 6.07) is 15.2. The third-order valence-electron chi connectivity index (χ3n) is 4.63. The van der Waals surface area contributed by atoms with Crippen molar-refractivity contribution in [2.75, 3.05) is 6.54 Å². The van der Waals surface area contributed by atoms with Gasteiger partial charge in [-0.1, -0.05) is 42.0 Å². The van der Waals surface area contributed by atoms with Gasteiger partial charge in [-0.05, 0) is 31.4 Å². The number of carbonyl (C=O) groups excluding carboxylic acids is 1. The van der Waals surface area contributed by atoms with E-state index in [1.165, 1.54) is 17.7 Å². The predicted molar refractivity (Wildman–Crippen MR) is 107 cm³/mol. The Labute approximate surface area is 167 Å². The first-order valence-electron chi connectivity index (χ1n) is 9.11. The molecule has 0 saturated heterocycles. The van der Waals surface area contributed by atoms with Crippen molar-refractivity contribution in [3.05, 3.63) is 93.2 Å². The Morgan fingerprint density at radius 3 is 2.54 bits per heavy atom. The molecule has 0 spiro atoms. The molecule has 1 amide bonds. The largest absolute Gasteiger partial charge is 0.345 e. The van der Waals surface area contributed by atoms with E-state index in [0.717, 1.165) is 16.5 Å². The number of thiophene rings is 1. The summed E-state index contributed by atoms with van der Waals surface area (Å²) in [4.78, 5) is 13.6. The second-order valence-corrected chi connectivity index (χ2v) is 7.78. The monoisotopic (exact) mass is 401 g/mol. The van der Waals surface area contributed by atoms with Crippen LogP contribution >= 0.6 is 11.3 Å². The first kappa shape index (κ1) is 20.2. The standard InChI is InChI=1S/C22H22F2N2OS/c1-14-5-7-16(8-6-14)22(20-4-3-11-28-20)25-13-21(27)26-15(2)18-10-9-17(23)12-19(18)24/h3-12,15,22,25H,13H2,1-2H3,(H,26,27)/p+1/t15-,22-/m1/s1. The van der Waals surface area contributed by atoms with Gasteiger partial charge in [0, 0.05) is 17.2 Å². The molecule has 3 rings (SSSR count). The van der Waals surface area contributed by atoms with Crippen LogP contribution in [-0.2, 0) is 4.79 Å². The lowest BCUT2D eigenvalue weighted by Gasteiger charge is -2.17. The van der Waals surface area contributed by atoms with E-state index in [9.17, 15) is 13.6 Å². The lowest BCUT2D eigenvalue weighted by atomic mass is 10.0. The maximum atomic E-state index is 13.9. The average Bonchev–Trinajstić information content (AvgIpc) is 3.17. The first-order chi connectivity index (χ1) is 13.4. The highest BCUT2D eigenvalue weighted by atomic mass is 32.1. The zero-order valence-corrected chi connectivity index (χ0v) is 16.6. The van der Waals surface area contributed by atoms with E-state index < -0.39 is 17.7 Å². The van der Waals surface area contributed by atoms with E-state index in [1.807, 2.05) is 23.7 Å². The summed E-state index contributed by atoms with van der Waals surface area (Å²) in [6.07, 6.45) is 0. The van der Waals surface area contributed by atoms with Crippen LogP contribution in [0, 0.1) is 18.6 Å². The van der Waals surface area contributed by atoms with Crippen LogP contribution < -0.4 is 10.6 Å². The highest BCUT2D eigenvalue weighted by molar-refractivity contribution is 7.10. The molecule has 3 N–H and O–H groups in total. The highest BCUT2D eigenvalue weighted by Gasteiger charge is 2.21. The first-order valence-corrected chi connectivity index (χ1v) is 9.99. The topological polar surface area (TPSA) is 45.7 Å². The molecule has 3 aromatic rings. The van der Waals surface area contributed by atoms with Gasteiger partial charge < -0.3 is 10.6 Å². The molecule has 1 heterocycles. The molecule has 0 fully saturated rings. The second kappa shape index (κ2) is 9.08. The molecule has 0 aliphatic heterocycles. The van der Waals surface area contributed by atoms with Crippen LogP contribution in [0.15, 0.2) is 60.0 Å². The van der Waals surface area contributed by atoms with E-state index in [2.05, 4.69) is 35.6 Å². The van der Waals surface area contributed by atoms with Crippen molar-refractivity contribution in [3.63, 3.8) is 0 Å². The Hall–Kier alpha value is -2.57. The fourth-order valence-corrected chi connectivity index (χ4v) is 3.96. The van der Waals surface area contributed by atoms with Crippen molar-refractivity contribution in [1.82, 2.24) is 5.32 Å². The number of benzene rings is 2. The summed E-state index contributed by atoms with van der Waals surface area (Å²) in [5.74, 6) is -1.50. The number of aryl methyl sites for hydroxylation is 1. The Balaban J connectivity index is 1.66. The average molecular weight is 402 g/mol. The molecule has 0 aliphatic carbocycles. The number of hydrogen-bond acceptors (Lipinski definition) is 2. The van der Waals surface area contributed by atoms with Crippen LogP contribution in [-0.4, -0.2) is 12.5 Å². The number of amides is 1. The maximum Gasteiger partial charge on any atom is 0.275 e. The smallest absolute Gasteiger partial charge is 0.275 e. The minimum atomic E-state index is -0.659. The number of carbonyl (C=O) groups is 1. The van der Waals surface area contributed by atoms with Crippen LogP contribution in [0.1, 0.15) is 40.6 Å². The molecule has 2 atom stereocenters. The molecule has 0 radical (unpaired) electrons.